The molecule has 84 heavy (non-hydrogen) atoms. The molecule has 1 heterocycles. The van der Waals surface area contributed by atoms with Crippen LogP contribution >= 0.6 is 21.9 Å². The van der Waals surface area contributed by atoms with Crippen LogP contribution in [-0.4, -0.2) is 37.4 Å². The molecule has 0 radical (unpaired) electrons. The van der Waals surface area contributed by atoms with Crippen molar-refractivity contribution in [1.82, 2.24) is 0 Å². The van der Waals surface area contributed by atoms with E-state index in [9.17, 15) is 0 Å². The third-order valence-electron chi connectivity index (χ3n) is 13.7. The van der Waals surface area contributed by atoms with E-state index in [4.69, 9.17) is 10.5 Å². The van der Waals surface area contributed by atoms with E-state index in [0.717, 1.165) is 0 Å². The summed E-state index contributed by atoms with van der Waals surface area (Å²) in [7, 11) is -11.1. The Bertz CT molecular complexity index is 3480. The Balaban J connectivity index is 0.00000147. The van der Waals surface area contributed by atoms with Gasteiger partial charge in [-0.1, -0.05) is 109 Å². The molecule has 3 amide bonds. The van der Waals surface area contributed by atoms with Crippen molar-refractivity contribution >= 4 is 106 Å². The highest BCUT2D eigenvalue weighted by atomic mass is 31.2. The molecule has 9 aromatic carbocycles. The van der Waals surface area contributed by atoms with Crippen molar-refractivity contribution < 1.29 is 28.1 Å². The zero-order chi connectivity index (χ0) is 59.9. The number of nitriles is 2. The smallest absolute Gasteiger partial charge is 0.258 e. The first-order valence-corrected chi connectivity index (χ1v) is 32.3. The molecule has 10 rings (SSSR count). The Labute approximate surface area is 491 Å². The molecule has 0 atom stereocenters. The highest BCUT2D eigenvalue weighted by Crippen LogP contribution is 2.48. The average molecular weight is 1170 g/mol. The number of benzene rings is 9. The summed E-state index contributed by atoms with van der Waals surface area (Å²) >= 11 is 0. The largest absolute Gasteiger partial charge is 0.329 e. The van der Waals surface area contributed by atoms with Gasteiger partial charge in [0.15, 0.2) is 0 Å². The summed E-state index contributed by atoms with van der Waals surface area (Å²) in [5.74, 6) is -1.47. The van der Waals surface area contributed by atoms with Gasteiger partial charge in [0.05, 0.1) is 12.1 Å². The minimum absolute atomic E-state index is 0.122. The van der Waals surface area contributed by atoms with Crippen molar-refractivity contribution in [3.05, 3.63) is 253 Å². The van der Waals surface area contributed by atoms with Gasteiger partial charge in [0.25, 0.3) is 17.7 Å². The molecule has 1 aliphatic rings. The highest BCUT2D eigenvalue weighted by Gasteiger charge is 2.34. The minimum Gasteiger partial charge on any atom is -0.329 e. The predicted octanol–water partition coefficient (Wildman–Crippen LogP) is 13.1. The summed E-state index contributed by atoms with van der Waals surface area (Å²) in [6.07, 6.45) is 0. The third kappa shape index (κ3) is 13.2. The normalized spacial score (nSPS) is 12.4. The first-order valence-electron chi connectivity index (χ1n) is 27.2. The van der Waals surface area contributed by atoms with E-state index in [1.54, 1.807) is 140 Å². The summed E-state index contributed by atoms with van der Waals surface area (Å²) < 4.78 is 47.1. The molecular formula is C67H63N8O6P3. The maximum Gasteiger partial charge on any atom is 0.258 e. The SMILES string of the molecule is CC#N.CC#N.CCN1C(=O)c2cc(NP(=O)(c3ccccc3)c3ccccc3)cc(c2)N(CC)C(=O)c2cc(NP(=O)(c3ccccc3)c3ccccc3)cc(c2)N(CC)C(=O)c2cc(NP(=O)(c3ccccc3)c3ccccc3)cc1c2. The quantitative estimate of drug-likeness (QED) is 0.0826. The first kappa shape index (κ1) is 60.6. The minimum atomic E-state index is -3.69. The van der Waals surface area contributed by atoms with E-state index in [2.05, 4.69) is 15.3 Å². The molecule has 422 valence electrons. The van der Waals surface area contributed by atoms with Crippen molar-refractivity contribution in [2.24, 2.45) is 0 Å². The summed E-state index contributed by atoms with van der Waals surface area (Å²) in [6.45, 7) is 8.68. The van der Waals surface area contributed by atoms with E-state index in [1.165, 1.54) is 28.5 Å². The Hall–Kier alpha value is -9.54. The Morgan fingerprint density at radius 2 is 0.512 bits per heavy atom. The summed E-state index contributed by atoms with van der Waals surface area (Å²) in [5, 5.41) is 27.9. The second kappa shape index (κ2) is 27.5. The molecule has 0 unspecified atom stereocenters. The van der Waals surface area contributed by atoms with Crippen LogP contribution in [-0.2, 0) is 13.7 Å². The predicted molar refractivity (Wildman–Crippen MR) is 344 cm³/mol. The highest BCUT2D eigenvalue weighted by molar-refractivity contribution is 7.80. The van der Waals surface area contributed by atoms with Crippen LogP contribution < -0.4 is 61.8 Å². The van der Waals surface area contributed by atoms with E-state index in [-0.39, 0.29) is 36.3 Å². The van der Waals surface area contributed by atoms with Crippen LogP contribution in [0.15, 0.2) is 237 Å². The number of rotatable bonds is 15. The second-order valence-electron chi connectivity index (χ2n) is 19.1. The molecule has 3 N–H and O–H groups in total. The number of fused-ring (bicyclic) bond motifs is 6. The molecule has 0 spiro atoms. The fraction of sp³-hybridized carbons (Fsp3) is 0.119. The van der Waals surface area contributed by atoms with Gasteiger partial charge >= 0.3 is 0 Å². The molecule has 6 bridgehead atoms. The van der Waals surface area contributed by atoms with Gasteiger partial charge in [0, 0.05) is 116 Å². The molecule has 17 heteroatoms. The lowest BCUT2D eigenvalue weighted by Crippen LogP contribution is -2.33. The van der Waals surface area contributed by atoms with Gasteiger partial charge in [-0.15, -0.1) is 0 Å². The molecule has 0 fully saturated rings. The molecule has 0 aromatic heterocycles. The van der Waals surface area contributed by atoms with Crippen LogP contribution in [0.25, 0.3) is 0 Å². The van der Waals surface area contributed by atoms with E-state index in [0.29, 0.717) is 66.0 Å². The molecule has 9 aromatic rings. The standard InChI is InChI=1S/C63H57N6O6P3.2C2H3N/c1-4-67-52-40-47(38-49(43-52)64-76(73,55-25-13-7-14-26-55)56-27-15-8-16-28-56)62(71)69(6-3)54-42-48(39-51(45-54)66-78(75,59-33-21-11-22-34-59)60-35-23-12-24-36-60)63(72)68(5-2)53-41-46(61(67)70)37-50(44-53)65-77(74,57-29-17-9-18-30-57)58-31-19-10-20-32-58;2*1-2-3/h7-45H,4-6H2,1-3H3,(H,64,73)(H,65,74)(H,66,75);2*1H3. The fourth-order valence-corrected chi connectivity index (χ4v) is 16.6. The van der Waals surface area contributed by atoms with E-state index in [1.807, 2.05) is 130 Å². The lowest BCUT2D eigenvalue weighted by Gasteiger charge is -2.28. The first-order chi connectivity index (χ1) is 40.7. The van der Waals surface area contributed by atoms with Gasteiger partial charge in [-0.05, 0) is 148 Å². The number of nitrogens with zero attached hydrogens (tertiary/aromatic N) is 5. The number of carbonyl (C=O) groups excluding carboxylic acids is 3. The van der Waals surface area contributed by atoms with Crippen LogP contribution in [0.5, 0.6) is 0 Å². The Morgan fingerprint density at radius 1 is 0.333 bits per heavy atom. The van der Waals surface area contributed by atoms with Gasteiger partial charge in [-0.3, -0.25) is 28.1 Å². The lowest BCUT2D eigenvalue weighted by molar-refractivity contribution is 0.0977. The number of amides is 3. The maximum absolute atomic E-state index is 15.7. The average Bonchev–Trinajstić information content (AvgIpc) is 3.69. The Morgan fingerprint density at radius 3 is 0.679 bits per heavy atom. The Kier molecular flexibility index (Phi) is 19.8. The van der Waals surface area contributed by atoms with Crippen molar-refractivity contribution in [3.8, 4) is 12.1 Å². The number of nitrogens with one attached hydrogen (secondary N) is 3. The van der Waals surface area contributed by atoms with Crippen LogP contribution in [0.2, 0.25) is 0 Å². The molecule has 0 saturated carbocycles. The zero-order valence-corrected chi connectivity index (χ0v) is 49.8. The van der Waals surface area contributed by atoms with Gasteiger partial charge < -0.3 is 30.0 Å². The summed E-state index contributed by atoms with van der Waals surface area (Å²) in [5.41, 5.74) is 2.31. The molecular weight excluding hydrogens is 1110 g/mol. The topological polar surface area (TPSA) is 196 Å². The maximum atomic E-state index is 15.7. The number of hydrogen-bond acceptors (Lipinski definition) is 8. The number of carbonyl (C=O) groups is 3. The summed E-state index contributed by atoms with van der Waals surface area (Å²) in [4.78, 5) is 51.2. The van der Waals surface area contributed by atoms with Gasteiger partial charge in [-0.2, -0.15) is 10.5 Å². The van der Waals surface area contributed by atoms with Crippen molar-refractivity contribution in [2.45, 2.75) is 34.6 Å². The molecule has 0 aliphatic carbocycles. The van der Waals surface area contributed by atoms with Crippen LogP contribution in [0.3, 0.4) is 0 Å². The molecule has 1 aliphatic heterocycles. The van der Waals surface area contributed by atoms with Gasteiger partial charge in [0.2, 0.25) is 21.9 Å². The van der Waals surface area contributed by atoms with Crippen molar-refractivity contribution in [3.63, 3.8) is 0 Å². The summed E-state index contributed by atoms with van der Waals surface area (Å²) in [6, 6.07) is 72.8. The van der Waals surface area contributed by atoms with E-state index >= 15 is 28.1 Å². The zero-order valence-electron chi connectivity index (χ0n) is 47.2. The van der Waals surface area contributed by atoms with E-state index < -0.39 is 39.6 Å². The monoisotopic (exact) mass is 1170 g/mol. The van der Waals surface area contributed by atoms with Crippen LogP contribution in [0.1, 0.15) is 65.7 Å². The molecule has 0 saturated heterocycles. The van der Waals surface area contributed by atoms with Gasteiger partial charge in [-0.25, -0.2) is 0 Å². The van der Waals surface area contributed by atoms with Crippen molar-refractivity contribution in [1.29, 1.82) is 10.5 Å². The van der Waals surface area contributed by atoms with Crippen LogP contribution in [0.4, 0.5) is 34.1 Å². The fourth-order valence-electron chi connectivity index (χ4n) is 9.87. The van der Waals surface area contributed by atoms with Crippen LogP contribution in [0, 0.1) is 22.7 Å². The third-order valence-corrected chi connectivity index (χ3v) is 21.6. The molecule has 14 nitrogen and oxygen atoms in total. The van der Waals surface area contributed by atoms with Gasteiger partial charge in [0.1, 0.15) is 0 Å². The number of anilines is 6. The number of hydrogen-bond donors (Lipinski definition) is 3. The van der Waals surface area contributed by atoms with Crippen molar-refractivity contribution in [2.75, 3.05) is 49.6 Å². The lowest BCUT2D eigenvalue weighted by atomic mass is 10.1. The second-order valence-corrected chi connectivity index (χ2v) is 26.5.